The second kappa shape index (κ2) is 7.71. The van der Waals surface area contributed by atoms with Crippen molar-refractivity contribution < 1.29 is 14.5 Å². The van der Waals surface area contributed by atoms with Crippen LogP contribution in [-0.4, -0.2) is 41.0 Å². The molecule has 5 heteroatoms. The van der Waals surface area contributed by atoms with Gasteiger partial charge in [0.25, 0.3) is 0 Å². The summed E-state index contributed by atoms with van der Waals surface area (Å²) in [4.78, 5) is 13.1. The maximum absolute atomic E-state index is 13.7. The Balaban J connectivity index is 1.62. The lowest BCUT2D eigenvalue weighted by Crippen LogP contribution is -2.82. The number of hydrogen-bond donors (Lipinski definition) is 1. The van der Waals surface area contributed by atoms with Gasteiger partial charge in [0, 0.05) is 0 Å². The van der Waals surface area contributed by atoms with Gasteiger partial charge in [0.1, 0.15) is 13.1 Å². The molecule has 1 unspecified atom stereocenters. The fourth-order valence-electron chi connectivity index (χ4n) is 4.50. The summed E-state index contributed by atoms with van der Waals surface area (Å²) < 4.78 is 0.248. The first-order valence-corrected chi connectivity index (χ1v) is 9.88. The van der Waals surface area contributed by atoms with E-state index in [1.165, 1.54) is 0 Å². The van der Waals surface area contributed by atoms with Crippen LogP contribution in [0.15, 0.2) is 60.7 Å². The topological polar surface area (TPSA) is 55.4 Å². The summed E-state index contributed by atoms with van der Waals surface area (Å²) in [6.07, 6.45) is 2.83. The molecule has 0 aliphatic carbocycles. The van der Waals surface area contributed by atoms with Gasteiger partial charge in [-0.05, 0) is 36.8 Å². The quantitative estimate of drug-likeness (QED) is 0.846. The van der Waals surface area contributed by atoms with Gasteiger partial charge >= 0.3 is 6.03 Å². The zero-order valence-corrected chi connectivity index (χ0v) is 15.6. The van der Waals surface area contributed by atoms with Crippen LogP contribution in [0.1, 0.15) is 30.4 Å². The highest BCUT2D eigenvalue weighted by Gasteiger charge is 2.49. The second-order valence-corrected chi connectivity index (χ2v) is 7.67. The summed E-state index contributed by atoms with van der Waals surface area (Å²) >= 11 is 0. The first kappa shape index (κ1) is 18.0. The summed E-state index contributed by atoms with van der Waals surface area (Å²) in [5, 5.41) is 18.5. The van der Waals surface area contributed by atoms with Crippen molar-refractivity contribution in [3.8, 4) is 0 Å². The van der Waals surface area contributed by atoms with Crippen LogP contribution in [0, 0.1) is 0 Å². The number of nitrogens with zero attached hydrogens (tertiary/aromatic N) is 2. The van der Waals surface area contributed by atoms with E-state index in [-0.39, 0.29) is 16.7 Å². The molecular formula is C22H27N3O2. The number of amides is 2. The van der Waals surface area contributed by atoms with E-state index in [9.17, 15) is 9.90 Å². The van der Waals surface area contributed by atoms with Gasteiger partial charge in [-0.25, -0.2) is 9.39 Å². The predicted octanol–water partition coefficient (Wildman–Crippen LogP) is 2.43. The molecule has 142 valence electrons. The Morgan fingerprint density at radius 1 is 0.926 bits per heavy atom. The van der Waals surface area contributed by atoms with E-state index in [1.54, 1.807) is 5.01 Å². The van der Waals surface area contributed by atoms with Crippen molar-refractivity contribution >= 4 is 6.03 Å². The number of benzene rings is 2. The minimum Gasteiger partial charge on any atom is -0.803 e. The van der Waals surface area contributed by atoms with Gasteiger partial charge in [0.2, 0.25) is 0 Å². The Bertz CT molecular complexity index is 760. The van der Waals surface area contributed by atoms with Gasteiger partial charge in [-0.1, -0.05) is 60.7 Å². The number of carbonyl (C=O) groups is 1. The Hall–Kier alpha value is -2.37. The maximum atomic E-state index is 13.7. The first-order chi connectivity index (χ1) is 13.2. The Morgan fingerprint density at radius 2 is 1.52 bits per heavy atom. The maximum Gasteiger partial charge on any atom is 0.362 e. The number of urea groups is 1. The van der Waals surface area contributed by atoms with Crippen LogP contribution in [0.4, 0.5) is 4.79 Å². The largest absolute Gasteiger partial charge is 0.803 e. The van der Waals surface area contributed by atoms with Gasteiger partial charge in [0.15, 0.2) is 0 Å². The lowest BCUT2D eigenvalue weighted by molar-refractivity contribution is -1.10. The minimum absolute atomic E-state index is 0.117. The molecule has 27 heavy (non-hydrogen) atoms. The average Bonchev–Trinajstić information content (AvgIpc) is 2.72. The molecule has 2 atom stereocenters. The molecule has 2 saturated heterocycles. The third-order valence-electron chi connectivity index (χ3n) is 5.91. The first-order valence-electron chi connectivity index (χ1n) is 9.88. The summed E-state index contributed by atoms with van der Waals surface area (Å²) in [7, 11) is 0. The summed E-state index contributed by atoms with van der Waals surface area (Å²) in [5.74, 6) is 0. The summed E-state index contributed by atoms with van der Waals surface area (Å²) in [5.41, 5.74) is 2.15. The fourth-order valence-corrected chi connectivity index (χ4v) is 4.50. The molecule has 0 saturated carbocycles. The third-order valence-corrected chi connectivity index (χ3v) is 5.91. The molecule has 5 nitrogen and oxygen atoms in total. The van der Waals surface area contributed by atoms with E-state index in [0.29, 0.717) is 13.0 Å². The lowest BCUT2D eigenvalue weighted by Gasteiger charge is -2.59. The number of rotatable bonds is 4. The SMILES string of the molecule is O=C1N[C@H](Cc2ccccc2)C([O-])[N+]2(CCCCC2)N1Cc1ccccc1. The van der Waals surface area contributed by atoms with Crippen molar-refractivity contribution in [2.45, 2.75) is 44.5 Å². The van der Waals surface area contributed by atoms with Crippen molar-refractivity contribution in [3.05, 3.63) is 71.8 Å². The molecule has 1 N–H and O–H groups in total. The minimum atomic E-state index is -0.882. The molecule has 0 aromatic heterocycles. The van der Waals surface area contributed by atoms with Gasteiger partial charge in [-0.3, -0.25) is 0 Å². The zero-order valence-electron chi connectivity index (χ0n) is 15.6. The lowest BCUT2D eigenvalue weighted by atomic mass is 9.99. The molecular weight excluding hydrogens is 338 g/mol. The molecule has 0 radical (unpaired) electrons. The predicted molar refractivity (Wildman–Crippen MR) is 102 cm³/mol. The number of nitrogens with one attached hydrogen (secondary N) is 1. The van der Waals surface area contributed by atoms with Crippen LogP contribution in [0.2, 0.25) is 0 Å². The van der Waals surface area contributed by atoms with Crippen LogP contribution < -0.4 is 10.4 Å². The smallest absolute Gasteiger partial charge is 0.362 e. The monoisotopic (exact) mass is 365 g/mol. The van der Waals surface area contributed by atoms with E-state index >= 15 is 0 Å². The van der Waals surface area contributed by atoms with Gasteiger partial charge in [0.05, 0.1) is 18.8 Å². The third kappa shape index (κ3) is 3.57. The molecule has 2 fully saturated rings. The number of hydrogen-bond acceptors (Lipinski definition) is 2. The van der Waals surface area contributed by atoms with Crippen LogP contribution in [0.25, 0.3) is 0 Å². The van der Waals surface area contributed by atoms with Crippen LogP contribution >= 0.6 is 0 Å². The van der Waals surface area contributed by atoms with E-state index in [4.69, 9.17) is 0 Å². The second-order valence-electron chi connectivity index (χ2n) is 7.67. The molecule has 2 aromatic carbocycles. The number of quaternary nitrogens is 1. The van der Waals surface area contributed by atoms with Gasteiger partial charge in [-0.2, -0.15) is 5.01 Å². The van der Waals surface area contributed by atoms with Crippen molar-refractivity contribution in [3.63, 3.8) is 0 Å². The van der Waals surface area contributed by atoms with Crippen molar-refractivity contribution in [2.75, 3.05) is 13.1 Å². The highest BCUT2D eigenvalue weighted by Crippen LogP contribution is 2.31. The molecule has 1 spiro atoms. The Morgan fingerprint density at radius 3 is 2.15 bits per heavy atom. The molecule has 2 amide bonds. The molecule has 2 heterocycles. The van der Waals surface area contributed by atoms with E-state index in [0.717, 1.165) is 43.5 Å². The Kier molecular flexibility index (Phi) is 5.14. The summed E-state index contributed by atoms with van der Waals surface area (Å²) in [6, 6.07) is 19.4. The highest BCUT2D eigenvalue weighted by atomic mass is 16.3. The number of carbonyl (C=O) groups excluding carboxylic acids is 1. The number of piperidine rings is 1. The van der Waals surface area contributed by atoms with E-state index in [2.05, 4.69) is 5.32 Å². The van der Waals surface area contributed by atoms with Crippen molar-refractivity contribution in [1.29, 1.82) is 0 Å². The van der Waals surface area contributed by atoms with Crippen LogP contribution in [0.3, 0.4) is 0 Å². The van der Waals surface area contributed by atoms with Crippen molar-refractivity contribution in [1.82, 2.24) is 10.3 Å². The van der Waals surface area contributed by atoms with Crippen LogP contribution in [0.5, 0.6) is 0 Å². The van der Waals surface area contributed by atoms with E-state index < -0.39 is 6.23 Å². The molecule has 2 aromatic rings. The van der Waals surface area contributed by atoms with Crippen LogP contribution in [-0.2, 0) is 13.0 Å². The van der Waals surface area contributed by atoms with Crippen molar-refractivity contribution in [2.24, 2.45) is 0 Å². The fraction of sp³-hybridized carbons (Fsp3) is 0.409. The highest BCUT2D eigenvalue weighted by molar-refractivity contribution is 5.74. The van der Waals surface area contributed by atoms with Gasteiger partial charge in [-0.15, -0.1) is 0 Å². The molecule has 2 aliphatic rings. The Labute approximate surface area is 160 Å². The standard InChI is InChI=1S/C22H27N3O2/c26-21-20(16-18-10-4-1-5-11-18)23-22(27)24(17-19-12-6-2-7-13-19)25(21)14-8-3-9-15-25/h1-2,4-7,10-13,20-21H,3,8-9,14-17H2,(H,23,27)/t20-,21?/m1/s1. The summed E-state index contributed by atoms with van der Waals surface area (Å²) in [6.45, 7) is 1.98. The van der Waals surface area contributed by atoms with Gasteiger partial charge < -0.3 is 10.4 Å². The zero-order chi connectivity index (χ0) is 18.7. The molecule has 4 rings (SSSR count). The average molecular weight is 365 g/mol. The molecule has 0 bridgehead atoms. The van der Waals surface area contributed by atoms with E-state index in [1.807, 2.05) is 60.7 Å². The molecule has 2 aliphatic heterocycles. The normalized spacial score (nSPS) is 24.6.